The summed E-state index contributed by atoms with van der Waals surface area (Å²) in [4.78, 5) is 10.2. The van der Waals surface area contributed by atoms with Gasteiger partial charge in [-0.3, -0.25) is 0 Å². The van der Waals surface area contributed by atoms with Crippen LogP contribution < -0.4 is 0 Å². The second-order valence-electron chi connectivity index (χ2n) is 1.67. The minimum absolute atomic E-state index is 0.608. The third kappa shape index (κ3) is 1.21. The maximum atomic E-state index is 11.6. The molecule has 0 aromatic heterocycles. The predicted molar refractivity (Wildman–Crippen MR) is 21.9 cm³/mol. The first-order valence-corrected chi connectivity index (χ1v) is 2.37. The summed E-state index contributed by atoms with van der Waals surface area (Å²) in [5.41, 5.74) is 0. The Morgan fingerprint density at radius 2 is 2.10 bits per heavy atom. The highest BCUT2D eigenvalue weighted by Crippen LogP contribution is 2.26. The molecule has 1 rings (SSSR count). The van der Waals surface area contributed by atoms with E-state index < -0.39 is 25.0 Å². The number of ether oxygens (including phenoxy) is 2. The first kappa shape index (κ1) is 7.33. The normalized spacial score (nSPS) is 26.7. The van der Waals surface area contributed by atoms with E-state index in [1.807, 2.05) is 0 Å². The highest BCUT2D eigenvalue weighted by Gasteiger charge is 2.50. The van der Waals surface area contributed by atoms with Gasteiger partial charge >= 0.3 is 12.1 Å². The molecule has 0 amide bonds. The molecule has 58 valence electrons. The first-order chi connectivity index (χ1) is 4.52. The van der Waals surface area contributed by atoms with Gasteiger partial charge in [0.25, 0.3) is 6.10 Å². The Bertz CT molecular complexity index is 152. The predicted octanol–water partition coefficient (Wildman–Crippen LogP) is 0.448. The second-order valence-corrected chi connectivity index (χ2v) is 1.67. The van der Waals surface area contributed by atoms with Gasteiger partial charge in [0.15, 0.2) is 6.79 Å². The molecule has 0 aromatic rings. The maximum Gasteiger partial charge on any atom is 0.425 e. The van der Waals surface area contributed by atoms with Crippen LogP contribution >= 0.6 is 0 Å². The molecule has 0 bridgehead atoms. The zero-order valence-electron chi connectivity index (χ0n) is 4.64. The molecule has 0 spiro atoms. The minimum atomic E-state index is -4.65. The van der Waals surface area contributed by atoms with Gasteiger partial charge in [0.2, 0.25) is 0 Å². The van der Waals surface area contributed by atoms with Gasteiger partial charge in [-0.15, -0.1) is 0 Å². The third-order valence-electron chi connectivity index (χ3n) is 0.947. The zero-order valence-corrected chi connectivity index (χ0v) is 4.64. The molecule has 6 heteroatoms. The maximum absolute atomic E-state index is 11.6. The van der Waals surface area contributed by atoms with Gasteiger partial charge in [-0.05, 0) is 0 Å². The van der Waals surface area contributed by atoms with Gasteiger partial charge in [0.1, 0.15) is 0 Å². The Morgan fingerprint density at radius 1 is 1.50 bits per heavy atom. The molecule has 10 heavy (non-hydrogen) atoms. The van der Waals surface area contributed by atoms with Crippen molar-refractivity contribution in [3.05, 3.63) is 0 Å². The van der Waals surface area contributed by atoms with Crippen molar-refractivity contribution < 1.29 is 27.4 Å². The number of cyclic esters (lactones) is 1. The fraction of sp³-hybridized carbons (Fsp3) is 0.750. The van der Waals surface area contributed by atoms with Crippen molar-refractivity contribution in [2.24, 2.45) is 0 Å². The zero-order chi connectivity index (χ0) is 7.78. The van der Waals surface area contributed by atoms with Crippen molar-refractivity contribution in [1.82, 2.24) is 0 Å². The Kier molecular flexibility index (Phi) is 1.55. The van der Waals surface area contributed by atoms with Crippen molar-refractivity contribution in [2.75, 3.05) is 6.79 Å². The van der Waals surface area contributed by atoms with Crippen LogP contribution in [0, 0.1) is 0 Å². The summed E-state index contributed by atoms with van der Waals surface area (Å²) in [6.07, 6.45) is -7.03. The van der Waals surface area contributed by atoms with Crippen molar-refractivity contribution in [3.63, 3.8) is 0 Å². The Balaban J connectivity index is 2.64. The van der Waals surface area contributed by atoms with Crippen LogP contribution in [0.5, 0.6) is 0 Å². The SMILES string of the molecule is O=C1OCOC1C(F)(F)F. The number of hydrogen-bond acceptors (Lipinski definition) is 3. The number of hydrogen-bond donors (Lipinski definition) is 0. The topological polar surface area (TPSA) is 35.5 Å². The first-order valence-electron chi connectivity index (χ1n) is 2.37. The molecule has 1 heterocycles. The highest BCUT2D eigenvalue weighted by atomic mass is 19.4. The van der Waals surface area contributed by atoms with E-state index in [1.165, 1.54) is 0 Å². The molecule has 3 nitrogen and oxygen atoms in total. The lowest BCUT2D eigenvalue weighted by atomic mass is 10.4. The number of carbonyl (C=O) groups excluding carboxylic acids is 1. The molecule has 0 N–H and O–H groups in total. The van der Waals surface area contributed by atoms with E-state index in [-0.39, 0.29) is 0 Å². The van der Waals surface area contributed by atoms with Gasteiger partial charge in [-0.2, -0.15) is 13.2 Å². The van der Waals surface area contributed by atoms with E-state index in [0.29, 0.717) is 0 Å². The van der Waals surface area contributed by atoms with Crippen LogP contribution in [0.3, 0.4) is 0 Å². The molecule has 1 atom stereocenters. The summed E-state index contributed by atoms with van der Waals surface area (Å²) in [5.74, 6) is -1.37. The average molecular weight is 156 g/mol. The summed E-state index contributed by atoms with van der Waals surface area (Å²) in [6.45, 7) is -0.608. The van der Waals surface area contributed by atoms with Crippen LogP contribution in [0.4, 0.5) is 13.2 Å². The van der Waals surface area contributed by atoms with Crippen LogP contribution in [0.2, 0.25) is 0 Å². The monoisotopic (exact) mass is 156 g/mol. The molecule has 1 saturated heterocycles. The third-order valence-corrected chi connectivity index (χ3v) is 0.947. The van der Waals surface area contributed by atoms with Crippen LogP contribution in [0.1, 0.15) is 0 Å². The van der Waals surface area contributed by atoms with E-state index in [9.17, 15) is 18.0 Å². The molecule has 0 aliphatic carbocycles. The fourth-order valence-corrected chi connectivity index (χ4v) is 0.532. The summed E-state index contributed by atoms with van der Waals surface area (Å²) < 4.78 is 42.6. The van der Waals surface area contributed by atoms with Gasteiger partial charge in [-0.1, -0.05) is 0 Å². The average Bonchev–Trinajstić information content (AvgIpc) is 2.11. The van der Waals surface area contributed by atoms with E-state index in [0.717, 1.165) is 0 Å². The summed E-state index contributed by atoms with van der Waals surface area (Å²) in [6, 6.07) is 0. The fourth-order valence-electron chi connectivity index (χ4n) is 0.532. The smallest absolute Gasteiger partial charge is 0.425 e. The molecule has 0 radical (unpaired) electrons. The molecule has 1 unspecified atom stereocenters. The van der Waals surface area contributed by atoms with Crippen molar-refractivity contribution in [2.45, 2.75) is 12.3 Å². The lowest BCUT2D eigenvalue weighted by molar-refractivity contribution is -0.204. The quantitative estimate of drug-likeness (QED) is 0.477. The van der Waals surface area contributed by atoms with Crippen molar-refractivity contribution in [3.8, 4) is 0 Å². The molecular formula is C4H3F3O3. The van der Waals surface area contributed by atoms with E-state index >= 15 is 0 Å². The Hall–Kier alpha value is -0.780. The summed E-state index contributed by atoms with van der Waals surface area (Å²) in [7, 11) is 0. The summed E-state index contributed by atoms with van der Waals surface area (Å²) >= 11 is 0. The van der Waals surface area contributed by atoms with Gasteiger partial charge in [0.05, 0.1) is 0 Å². The molecule has 1 fully saturated rings. The summed E-state index contributed by atoms with van der Waals surface area (Å²) in [5, 5.41) is 0. The molecular weight excluding hydrogens is 153 g/mol. The van der Waals surface area contributed by atoms with Gasteiger partial charge < -0.3 is 9.47 Å². The highest BCUT2D eigenvalue weighted by molar-refractivity contribution is 5.76. The van der Waals surface area contributed by atoms with Crippen LogP contribution in [0.15, 0.2) is 0 Å². The molecule has 0 saturated carbocycles. The molecule has 1 aliphatic rings. The van der Waals surface area contributed by atoms with Crippen LogP contribution in [-0.4, -0.2) is 25.0 Å². The number of esters is 1. The minimum Gasteiger partial charge on any atom is -0.436 e. The number of rotatable bonds is 0. The molecule has 1 aliphatic heterocycles. The van der Waals surface area contributed by atoms with Crippen molar-refractivity contribution >= 4 is 5.97 Å². The van der Waals surface area contributed by atoms with Gasteiger partial charge in [0, 0.05) is 0 Å². The lowest BCUT2D eigenvalue weighted by Gasteiger charge is -2.07. The lowest BCUT2D eigenvalue weighted by Crippen LogP contribution is -2.34. The van der Waals surface area contributed by atoms with Crippen LogP contribution in [0.25, 0.3) is 0 Å². The van der Waals surface area contributed by atoms with E-state index in [1.54, 1.807) is 0 Å². The number of alkyl halides is 3. The van der Waals surface area contributed by atoms with Crippen LogP contribution in [-0.2, 0) is 14.3 Å². The van der Waals surface area contributed by atoms with Gasteiger partial charge in [-0.25, -0.2) is 4.79 Å². The van der Waals surface area contributed by atoms with Crippen molar-refractivity contribution in [1.29, 1.82) is 0 Å². The Labute approximate surface area is 53.7 Å². The van der Waals surface area contributed by atoms with E-state index in [2.05, 4.69) is 9.47 Å². The van der Waals surface area contributed by atoms with E-state index in [4.69, 9.17) is 0 Å². The Morgan fingerprint density at radius 3 is 2.30 bits per heavy atom. The standard InChI is InChI=1S/C4H3F3O3/c5-4(6,7)2-3(8)10-1-9-2/h2H,1H2. The number of halogens is 3. The second kappa shape index (κ2) is 2.12. The molecule has 0 aromatic carbocycles. The number of carbonyl (C=O) groups is 1. The largest absolute Gasteiger partial charge is 0.436 e.